The molecule has 2 unspecified atom stereocenters. The first kappa shape index (κ1) is 11.0. The third kappa shape index (κ3) is 1.39. The Balaban J connectivity index is 3.38. The molecule has 0 bridgehead atoms. The molecule has 0 aromatic carbocycles. The van der Waals surface area contributed by atoms with Gasteiger partial charge in [0.05, 0.1) is 21.7 Å². The lowest BCUT2D eigenvalue weighted by Gasteiger charge is -2.25. The summed E-state index contributed by atoms with van der Waals surface area (Å²) in [5.74, 6) is 0. The molecule has 1 aliphatic rings. The molecule has 0 amide bonds. The van der Waals surface area contributed by atoms with Gasteiger partial charge in [-0.1, -0.05) is 23.2 Å². The molecule has 14 heavy (non-hydrogen) atoms. The van der Waals surface area contributed by atoms with Crippen molar-refractivity contribution in [2.75, 3.05) is 0 Å². The van der Waals surface area contributed by atoms with Crippen LogP contribution < -0.4 is 0 Å². The number of rotatable bonds is 0. The molecule has 72 valence electrons. The summed E-state index contributed by atoms with van der Waals surface area (Å²) in [5.41, 5.74) is -2.58. The molecule has 2 N–H and O–H groups in total. The van der Waals surface area contributed by atoms with Crippen LogP contribution in [0.25, 0.3) is 0 Å². The number of halogens is 2. The minimum absolute atomic E-state index is 0.255. The number of aliphatic hydroxyl groups is 2. The van der Waals surface area contributed by atoms with Crippen molar-refractivity contribution in [3.05, 3.63) is 21.7 Å². The molecule has 2 atom stereocenters. The average molecular weight is 231 g/mol. The predicted molar refractivity (Wildman–Crippen MR) is 49.0 cm³/mol. The molecule has 0 aromatic rings. The topological polar surface area (TPSA) is 88.0 Å². The molecule has 0 aromatic heterocycles. The highest BCUT2D eigenvalue weighted by Gasteiger charge is 2.42. The van der Waals surface area contributed by atoms with Gasteiger partial charge in [0.1, 0.15) is 12.2 Å². The van der Waals surface area contributed by atoms with E-state index in [9.17, 15) is 10.2 Å². The largest absolute Gasteiger partial charge is 0.383 e. The minimum Gasteiger partial charge on any atom is -0.383 e. The molecular weight excluding hydrogens is 227 g/mol. The number of hydrogen-bond donors (Lipinski definition) is 2. The van der Waals surface area contributed by atoms with Crippen LogP contribution in [-0.2, 0) is 0 Å². The quantitative estimate of drug-likeness (QED) is 0.602. The Morgan fingerprint density at radius 2 is 2.00 bits per heavy atom. The zero-order chi connectivity index (χ0) is 10.9. The summed E-state index contributed by atoms with van der Waals surface area (Å²) in [6, 6.07) is 3.04. The van der Waals surface area contributed by atoms with Gasteiger partial charge in [0.2, 0.25) is 5.60 Å². The smallest absolute Gasteiger partial charge is 0.224 e. The number of nitrogens with zero attached hydrogens (tertiary/aromatic N) is 2. The van der Waals surface area contributed by atoms with Crippen LogP contribution in [0.5, 0.6) is 0 Å². The summed E-state index contributed by atoms with van der Waals surface area (Å²) < 4.78 is 0. The Morgan fingerprint density at radius 3 is 2.43 bits per heavy atom. The van der Waals surface area contributed by atoms with E-state index in [2.05, 4.69) is 0 Å². The van der Waals surface area contributed by atoms with E-state index in [0.717, 1.165) is 6.08 Å². The molecule has 0 heterocycles. The first-order valence-electron chi connectivity index (χ1n) is 3.47. The van der Waals surface area contributed by atoms with Gasteiger partial charge in [-0.2, -0.15) is 10.5 Å². The summed E-state index contributed by atoms with van der Waals surface area (Å²) in [7, 11) is 0. The van der Waals surface area contributed by atoms with Crippen molar-refractivity contribution in [2.24, 2.45) is 0 Å². The van der Waals surface area contributed by atoms with Crippen LogP contribution in [0.2, 0.25) is 0 Å². The van der Waals surface area contributed by atoms with Gasteiger partial charge in [-0.05, 0) is 6.08 Å². The normalized spacial score (nSPS) is 31.9. The third-order valence-electron chi connectivity index (χ3n) is 1.78. The fourth-order valence-corrected chi connectivity index (χ4v) is 1.46. The van der Waals surface area contributed by atoms with E-state index in [0.29, 0.717) is 0 Å². The average Bonchev–Trinajstić information content (AvgIpc) is 2.20. The van der Waals surface area contributed by atoms with E-state index in [1.54, 1.807) is 6.07 Å². The molecule has 0 fully saturated rings. The van der Waals surface area contributed by atoms with Crippen LogP contribution >= 0.6 is 23.2 Å². The Kier molecular flexibility index (Phi) is 2.84. The summed E-state index contributed by atoms with van der Waals surface area (Å²) >= 11 is 11.1. The Labute approximate surface area is 89.9 Å². The highest BCUT2D eigenvalue weighted by atomic mass is 35.5. The van der Waals surface area contributed by atoms with Crippen molar-refractivity contribution >= 4 is 23.2 Å². The van der Waals surface area contributed by atoms with Crippen molar-refractivity contribution in [1.29, 1.82) is 10.5 Å². The zero-order valence-corrected chi connectivity index (χ0v) is 8.21. The van der Waals surface area contributed by atoms with Crippen molar-refractivity contribution in [3.8, 4) is 12.1 Å². The van der Waals surface area contributed by atoms with Crippen LogP contribution in [0.1, 0.15) is 0 Å². The number of nitriles is 2. The molecule has 4 nitrogen and oxygen atoms in total. The lowest BCUT2D eigenvalue weighted by Crippen LogP contribution is -2.35. The van der Waals surface area contributed by atoms with Crippen LogP contribution in [0.3, 0.4) is 0 Å². The summed E-state index contributed by atoms with van der Waals surface area (Å²) in [6.07, 6.45) is -0.273. The number of hydrogen-bond acceptors (Lipinski definition) is 4. The Morgan fingerprint density at radius 1 is 1.43 bits per heavy atom. The van der Waals surface area contributed by atoms with Gasteiger partial charge in [0.15, 0.2) is 0 Å². The zero-order valence-electron chi connectivity index (χ0n) is 6.70. The SMILES string of the molecule is N#CC1=CC(O)C(Cl)=C(Cl)C1(O)C#N. The van der Waals surface area contributed by atoms with Gasteiger partial charge in [-0.15, -0.1) is 0 Å². The predicted octanol–water partition coefficient (Wildman–Crippen LogP) is 0.755. The van der Waals surface area contributed by atoms with Crippen molar-refractivity contribution < 1.29 is 10.2 Å². The standard InChI is InChI=1S/C8H4Cl2N2O2/c9-6-5(13)1-4(2-11)8(14,3-12)7(6)10/h1,5,13-14H. The van der Waals surface area contributed by atoms with Crippen molar-refractivity contribution in [1.82, 2.24) is 0 Å². The van der Waals surface area contributed by atoms with E-state index in [4.69, 9.17) is 33.7 Å². The van der Waals surface area contributed by atoms with Gasteiger partial charge in [-0.25, -0.2) is 0 Å². The Bertz CT molecular complexity index is 416. The van der Waals surface area contributed by atoms with E-state index < -0.39 is 16.7 Å². The fourth-order valence-electron chi connectivity index (χ4n) is 1.000. The van der Waals surface area contributed by atoms with Crippen LogP contribution in [0.15, 0.2) is 21.7 Å². The van der Waals surface area contributed by atoms with Crippen molar-refractivity contribution in [3.63, 3.8) is 0 Å². The molecule has 0 saturated heterocycles. The first-order valence-corrected chi connectivity index (χ1v) is 4.22. The summed E-state index contributed by atoms with van der Waals surface area (Å²) in [6.45, 7) is 0. The maximum atomic E-state index is 9.66. The molecule has 1 aliphatic carbocycles. The fraction of sp³-hybridized carbons (Fsp3) is 0.250. The summed E-state index contributed by atoms with van der Waals surface area (Å²) in [5, 5.41) is 35.5. The van der Waals surface area contributed by atoms with Gasteiger partial charge >= 0.3 is 0 Å². The van der Waals surface area contributed by atoms with Crippen LogP contribution in [0.4, 0.5) is 0 Å². The van der Waals surface area contributed by atoms with Crippen LogP contribution in [-0.4, -0.2) is 21.9 Å². The van der Waals surface area contributed by atoms with Gasteiger partial charge < -0.3 is 10.2 Å². The molecule has 0 aliphatic heterocycles. The minimum atomic E-state index is -2.24. The molecule has 6 heteroatoms. The highest BCUT2D eigenvalue weighted by Crippen LogP contribution is 2.37. The van der Waals surface area contributed by atoms with E-state index in [1.165, 1.54) is 6.07 Å². The van der Waals surface area contributed by atoms with Crippen LogP contribution in [0, 0.1) is 22.7 Å². The molecule has 0 spiro atoms. The third-order valence-corrected chi connectivity index (χ3v) is 2.77. The monoisotopic (exact) mass is 230 g/mol. The van der Waals surface area contributed by atoms with E-state index >= 15 is 0 Å². The van der Waals surface area contributed by atoms with E-state index in [1.807, 2.05) is 0 Å². The van der Waals surface area contributed by atoms with E-state index in [-0.39, 0.29) is 10.6 Å². The molecule has 0 radical (unpaired) electrons. The lowest BCUT2D eigenvalue weighted by molar-refractivity contribution is 0.174. The van der Waals surface area contributed by atoms with Crippen molar-refractivity contribution in [2.45, 2.75) is 11.7 Å². The Hall–Kier alpha value is -1.04. The second kappa shape index (κ2) is 3.61. The second-order valence-electron chi connectivity index (χ2n) is 2.62. The second-order valence-corrected chi connectivity index (χ2v) is 3.41. The first-order chi connectivity index (χ1) is 6.47. The summed E-state index contributed by atoms with van der Waals surface area (Å²) in [4.78, 5) is 0. The lowest BCUT2D eigenvalue weighted by atomic mass is 9.89. The van der Waals surface area contributed by atoms with Gasteiger partial charge in [0, 0.05) is 0 Å². The highest BCUT2D eigenvalue weighted by molar-refractivity contribution is 6.41. The maximum absolute atomic E-state index is 9.66. The molecular formula is C8H4Cl2N2O2. The van der Waals surface area contributed by atoms with Gasteiger partial charge in [-0.3, -0.25) is 0 Å². The van der Waals surface area contributed by atoms with Gasteiger partial charge in [0.25, 0.3) is 0 Å². The maximum Gasteiger partial charge on any atom is 0.224 e. The molecule has 1 rings (SSSR count). The number of aliphatic hydroxyl groups excluding tert-OH is 1. The molecule has 0 saturated carbocycles.